The summed E-state index contributed by atoms with van der Waals surface area (Å²) in [6.45, 7) is 2.22. The van der Waals surface area contributed by atoms with Gasteiger partial charge in [0, 0.05) is 32.0 Å². The Bertz CT molecular complexity index is 785. The molecular formula is C21H28N4O2. The molecule has 0 unspecified atom stereocenters. The molecule has 0 aliphatic rings. The van der Waals surface area contributed by atoms with Crippen molar-refractivity contribution in [3.63, 3.8) is 0 Å². The molecule has 0 radical (unpaired) electrons. The van der Waals surface area contributed by atoms with Crippen LogP contribution >= 0.6 is 0 Å². The minimum absolute atomic E-state index is 0.0311. The number of carbonyl (C=O) groups is 2. The number of carbonyl (C=O) groups excluding carboxylic acids is 2. The zero-order valence-electron chi connectivity index (χ0n) is 16.6. The van der Waals surface area contributed by atoms with E-state index in [2.05, 4.69) is 10.6 Å². The molecule has 2 rings (SSSR count). The Morgan fingerprint density at radius 1 is 0.926 bits per heavy atom. The van der Waals surface area contributed by atoms with Gasteiger partial charge in [-0.2, -0.15) is 0 Å². The average molecular weight is 368 g/mol. The molecule has 6 nitrogen and oxygen atoms in total. The fourth-order valence-corrected chi connectivity index (χ4v) is 2.76. The molecular weight excluding hydrogens is 340 g/mol. The van der Waals surface area contributed by atoms with Crippen LogP contribution in [0.3, 0.4) is 0 Å². The van der Waals surface area contributed by atoms with Crippen molar-refractivity contribution in [2.24, 2.45) is 0 Å². The van der Waals surface area contributed by atoms with Crippen LogP contribution in [0.4, 0.5) is 11.4 Å². The summed E-state index contributed by atoms with van der Waals surface area (Å²) >= 11 is 0. The van der Waals surface area contributed by atoms with Gasteiger partial charge in [-0.05, 0) is 50.3 Å². The minimum Gasteiger partial charge on any atom is -0.378 e. The Kier molecular flexibility index (Phi) is 6.96. The normalized spacial score (nSPS) is 11.8. The summed E-state index contributed by atoms with van der Waals surface area (Å²) in [4.78, 5) is 28.4. The van der Waals surface area contributed by atoms with E-state index in [1.165, 1.54) is 0 Å². The van der Waals surface area contributed by atoms with Crippen LogP contribution in [0.2, 0.25) is 0 Å². The van der Waals surface area contributed by atoms with Crippen molar-refractivity contribution < 1.29 is 9.59 Å². The first-order valence-corrected chi connectivity index (χ1v) is 8.88. The topological polar surface area (TPSA) is 64.7 Å². The van der Waals surface area contributed by atoms with Gasteiger partial charge in [0.1, 0.15) is 0 Å². The molecule has 0 bridgehead atoms. The SMILES string of the molecule is Cc1ccccc1NC(=O)C(=O)NC[C@H](c1ccc(N(C)C)cc1)N(C)C. The van der Waals surface area contributed by atoms with Gasteiger partial charge < -0.3 is 20.4 Å². The maximum Gasteiger partial charge on any atom is 0.313 e. The first kappa shape index (κ1) is 20.5. The van der Waals surface area contributed by atoms with E-state index in [1.54, 1.807) is 6.07 Å². The number of likely N-dealkylation sites (N-methyl/N-ethyl adjacent to an activating group) is 1. The third-order valence-electron chi connectivity index (χ3n) is 4.47. The van der Waals surface area contributed by atoms with Crippen LogP contribution in [-0.2, 0) is 9.59 Å². The molecule has 0 aliphatic carbocycles. The van der Waals surface area contributed by atoms with E-state index in [0.717, 1.165) is 16.8 Å². The monoisotopic (exact) mass is 368 g/mol. The maximum absolute atomic E-state index is 12.2. The summed E-state index contributed by atoms with van der Waals surface area (Å²) in [7, 11) is 7.88. The van der Waals surface area contributed by atoms with Crippen LogP contribution in [0.1, 0.15) is 17.2 Å². The number of hydrogen-bond acceptors (Lipinski definition) is 4. The van der Waals surface area contributed by atoms with Crippen molar-refractivity contribution in [3.8, 4) is 0 Å². The lowest BCUT2D eigenvalue weighted by atomic mass is 10.1. The van der Waals surface area contributed by atoms with Gasteiger partial charge in [0.25, 0.3) is 0 Å². The Labute approximate surface area is 161 Å². The van der Waals surface area contributed by atoms with Gasteiger partial charge in [-0.3, -0.25) is 9.59 Å². The van der Waals surface area contributed by atoms with Crippen molar-refractivity contribution in [3.05, 3.63) is 59.7 Å². The van der Waals surface area contributed by atoms with Crippen LogP contribution in [-0.4, -0.2) is 51.4 Å². The number of rotatable bonds is 6. The Morgan fingerprint density at radius 3 is 2.11 bits per heavy atom. The van der Waals surface area contributed by atoms with Crippen molar-refractivity contribution in [2.75, 3.05) is 45.0 Å². The van der Waals surface area contributed by atoms with Gasteiger partial charge in [0.2, 0.25) is 0 Å². The molecule has 0 saturated carbocycles. The maximum atomic E-state index is 12.2. The van der Waals surface area contributed by atoms with Gasteiger partial charge in [-0.15, -0.1) is 0 Å². The van der Waals surface area contributed by atoms with E-state index in [0.29, 0.717) is 12.2 Å². The zero-order valence-corrected chi connectivity index (χ0v) is 16.6. The Balaban J connectivity index is 1.99. The molecule has 1 atom stereocenters. The Hall–Kier alpha value is -2.86. The lowest BCUT2D eigenvalue weighted by Crippen LogP contribution is -2.40. The highest BCUT2D eigenvalue weighted by Crippen LogP contribution is 2.21. The highest BCUT2D eigenvalue weighted by molar-refractivity contribution is 6.39. The molecule has 6 heteroatoms. The molecule has 0 fully saturated rings. The summed E-state index contributed by atoms with van der Waals surface area (Å²) in [5, 5.41) is 5.39. The number of aryl methyl sites for hydroxylation is 1. The van der Waals surface area contributed by atoms with Crippen molar-refractivity contribution in [2.45, 2.75) is 13.0 Å². The molecule has 0 aromatic heterocycles. The van der Waals surface area contributed by atoms with Crippen LogP contribution in [0.15, 0.2) is 48.5 Å². The number of para-hydroxylation sites is 1. The average Bonchev–Trinajstić information content (AvgIpc) is 2.63. The second-order valence-electron chi connectivity index (χ2n) is 6.94. The number of anilines is 2. The summed E-state index contributed by atoms with van der Waals surface area (Å²) in [6.07, 6.45) is 0. The summed E-state index contributed by atoms with van der Waals surface area (Å²) < 4.78 is 0. The number of amides is 2. The van der Waals surface area contributed by atoms with E-state index < -0.39 is 11.8 Å². The molecule has 0 saturated heterocycles. The number of nitrogens with zero attached hydrogens (tertiary/aromatic N) is 2. The standard InChI is InChI=1S/C21H28N4O2/c1-15-8-6-7-9-18(15)23-21(27)20(26)22-14-19(25(4)5)16-10-12-17(13-11-16)24(2)3/h6-13,19H,14H2,1-5H3,(H,22,26)(H,23,27)/t19-/m1/s1. The molecule has 144 valence electrons. The van der Waals surface area contributed by atoms with Crippen LogP contribution in [0.25, 0.3) is 0 Å². The lowest BCUT2D eigenvalue weighted by Gasteiger charge is -2.25. The number of hydrogen-bond donors (Lipinski definition) is 2. The van der Waals surface area contributed by atoms with Crippen molar-refractivity contribution in [1.29, 1.82) is 0 Å². The number of nitrogens with one attached hydrogen (secondary N) is 2. The van der Waals surface area contributed by atoms with Gasteiger partial charge in [-0.1, -0.05) is 30.3 Å². The second kappa shape index (κ2) is 9.19. The molecule has 2 aromatic rings. The number of benzene rings is 2. The molecule has 2 amide bonds. The largest absolute Gasteiger partial charge is 0.378 e. The molecule has 2 aromatic carbocycles. The van der Waals surface area contributed by atoms with Crippen LogP contribution in [0, 0.1) is 6.92 Å². The fourth-order valence-electron chi connectivity index (χ4n) is 2.76. The summed E-state index contributed by atoms with van der Waals surface area (Å²) in [6, 6.07) is 15.5. The zero-order chi connectivity index (χ0) is 20.0. The predicted molar refractivity (Wildman–Crippen MR) is 110 cm³/mol. The quantitative estimate of drug-likeness (QED) is 0.769. The van der Waals surface area contributed by atoms with E-state index in [4.69, 9.17) is 0 Å². The fraction of sp³-hybridized carbons (Fsp3) is 0.333. The second-order valence-corrected chi connectivity index (χ2v) is 6.94. The molecule has 0 heterocycles. The van der Waals surface area contributed by atoms with Crippen molar-refractivity contribution in [1.82, 2.24) is 10.2 Å². The minimum atomic E-state index is -0.662. The smallest absolute Gasteiger partial charge is 0.313 e. The van der Waals surface area contributed by atoms with Gasteiger partial charge in [0.15, 0.2) is 0 Å². The van der Waals surface area contributed by atoms with Gasteiger partial charge in [0.05, 0.1) is 6.04 Å². The van der Waals surface area contributed by atoms with E-state index in [-0.39, 0.29) is 6.04 Å². The first-order valence-electron chi connectivity index (χ1n) is 8.88. The highest BCUT2D eigenvalue weighted by Gasteiger charge is 2.19. The van der Waals surface area contributed by atoms with Crippen LogP contribution in [0.5, 0.6) is 0 Å². The summed E-state index contributed by atoms with van der Waals surface area (Å²) in [5.74, 6) is -1.31. The lowest BCUT2D eigenvalue weighted by molar-refractivity contribution is -0.136. The molecule has 0 spiro atoms. The third-order valence-corrected chi connectivity index (χ3v) is 4.47. The molecule has 0 aliphatic heterocycles. The van der Waals surface area contributed by atoms with E-state index in [1.807, 2.05) is 87.4 Å². The summed E-state index contributed by atoms with van der Waals surface area (Å²) in [5.41, 5.74) is 3.73. The third kappa shape index (κ3) is 5.56. The molecule has 2 N–H and O–H groups in total. The van der Waals surface area contributed by atoms with E-state index in [9.17, 15) is 9.59 Å². The van der Waals surface area contributed by atoms with Gasteiger partial charge in [-0.25, -0.2) is 0 Å². The Morgan fingerprint density at radius 2 is 1.56 bits per heavy atom. The van der Waals surface area contributed by atoms with Crippen molar-refractivity contribution >= 4 is 23.2 Å². The highest BCUT2D eigenvalue weighted by atomic mass is 16.2. The van der Waals surface area contributed by atoms with Gasteiger partial charge >= 0.3 is 11.8 Å². The predicted octanol–water partition coefficient (Wildman–Crippen LogP) is 2.42. The first-order chi connectivity index (χ1) is 12.8. The van der Waals surface area contributed by atoms with Crippen LogP contribution < -0.4 is 15.5 Å². The van der Waals surface area contributed by atoms with E-state index >= 15 is 0 Å². The molecule has 27 heavy (non-hydrogen) atoms.